The van der Waals surface area contributed by atoms with E-state index < -0.39 is 6.10 Å². The number of aliphatic hydroxyl groups is 1. The van der Waals surface area contributed by atoms with E-state index in [4.69, 9.17) is 14.2 Å². The molecule has 0 saturated heterocycles. The summed E-state index contributed by atoms with van der Waals surface area (Å²) in [4.78, 5) is 12.0. The summed E-state index contributed by atoms with van der Waals surface area (Å²) in [5.74, 6) is 1.96. The number of carbonyl (C=O) groups excluding carboxylic acids is 1. The average Bonchev–Trinajstić information content (AvgIpc) is 3.22. The minimum absolute atomic E-state index is 0.0427. The zero-order chi connectivity index (χ0) is 20.6. The smallest absolute Gasteiger partial charge is 0.315 e. The van der Waals surface area contributed by atoms with Crippen molar-refractivity contribution in [1.29, 1.82) is 0 Å². The third kappa shape index (κ3) is 5.54. The molecule has 0 saturated carbocycles. The van der Waals surface area contributed by atoms with Crippen molar-refractivity contribution < 1.29 is 24.1 Å². The second-order valence-corrected chi connectivity index (χ2v) is 6.89. The van der Waals surface area contributed by atoms with E-state index in [2.05, 4.69) is 22.8 Å². The molecule has 7 nitrogen and oxygen atoms in total. The molecule has 1 aliphatic rings. The van der Waals surface area contributed by atoms with Crippen molar-refractivity contribution in [1.82, 2.24) is 10.6 Å². The van der Waals surface area contributed by atoms with Crippen LogP contribution in [0.5, 0.6) is 17.2 Å². The van der Waals surface area contributed by atoms with Crippen molar-refractivity contribution >= 4 is 6.03 Å². The van der Waals surface area contributed by atoms with Gasteiger partial charge in [0.2, 0.25) is 0 Å². The van der Waals surface area contributed by atoms with Crippen molar-refractivity contribution in [2.75, 3.05) is 33.9 Å². The van der Waals surface area contributed by atoms with Gasteiger partial charge in [0, 0.05) is 12.1 Å². The molecule has 2 amide bonds. The van der Waals surface area contributed by atoms with Gasteiger partial charge in [-0.05, 0) is 60.7 Å². The minimum atomic E-state index is -0.923. The third-order valence-corrected chi connectivity index (χ3v) is 4.98. The van der Waals surface area contributed by atoms with Crippen LogP contribution in [-0.2, 0) is 12.8 Å². The number of benzene rings is 2. The number of urea groups is 1. The van der Waals surface area contributed by atoms with E-state index in [9.17, 15) is 9.90 Å². The van der Waals surface area contributed by atoms with Crippen molar-refractivity contribution in [2.45, 2.75) is 25.4 Å². The van der Waals surface area contributed by atoms with E-state index in [1.807, 2.05) is 6.07 Å². The molecule has 3 N–H and O–H groups in total. The van der Waals surface area contributed by atoms with Crippen LogP contribution in [0.1, 0.15) is 29.2 Å². The Morgan fingerprint density at radius 3 is 2.62 bits per heavy atom. The van der Waals surface area contributed by atoms with Gasteiger partial charge in [0.15, 0.2) is 0 Å². The van der Waals surface area contributed by atoms with E-state index in [1.54, 1.807) is 25.3 Å². The summed E-state index contributed by atoms with van der Waals surface area (Å²) in [6, 6.07) is 11.0. The van der Waals surface area contributed by atoms with Gasteiger partial charge in [-0.1, -0.05) is 6.07 Å². The second-order valence-electron chi connectivity index (χ2n) is 6.89. The molecule has 2 aromatic carbocycles. The molecule has 0 aromatic heterocycles. The van der Waals surface area contributed by atoms with Crippen molar-refractivity contribution in [2.24, 2.45) is 0 Å². The van der Waals surface area contributed by atoms with E-state index in [0.717, 1.165) is 18.6 Å². The molecule has 0 bridgehead atoms. The second kappa shape index (κ2) is 10.0. The molecule has 7 heteroatoms. The lowest BCUT2D eigenvalue weighted by atomic mass is 10.1. The largest absolute Gasteiger partial charge is 0.497 e. The van der Waals surface area contributed by atoms with Crippen LogP contribution in [0.4, 0.5) is 4.79 Å². The first-order chi connectivity index (χ1) is 14.1. The fourth-order valence-corrected chi connectivity index (χ4v) is 3.43. The number of hydrogen-bond donors (Lipinski definition) is 3. The Hall–Kier alpha value is -2.93. The summed E-state index contributed by atoms with van der Waals surface area (Å²) in [5, 5.41) is 15.8. The monoisotopic (exact) mass is 400 g/mol. The molecule has 0 heterocycles. The lowest BCUT2D eigenvalue weighted by Crippen LogP contribution is -2.39. The highest BCUT2D eigenvalue weighted by Gasteiger charge is 2.16. The predicted molar refractivity (Wildman–Crippen MR) is 110 cm³/mol. The van der Waals surface area contributed by atoms with Crippen molar-refractivity contribution in [3.8, 4) is 17.2 Å². The molecule has 0 fully saturated rings. The van der Waals surface area contributed by atoms with Gasteiger partial charge in [-0.15, -0.1) is 0 Å². The highest BCUT2D eigenvalue weighted by molar-refractivity contribution is 5.73. The van der Waals surface area contributed by atoms with Crippen LogP contribution in [-0.4, -0.2) is 45.1 Å². The number of amides is 2. The molecule has 1 atom stereocenters. The fourth-order valence-electron chi connectivity index (χ4n) is 3.43. The van der Waals surface area contributed by atoms with Crippen LogP contribution in [0.15, 0.2) is 36.4 Å². The van der Waals surface area contributed by atoms with Gasteiger partial charge in [-0.2, -0.15) is 0 Å². The van der Waals surface area contributed by atoms with Crippen LogP contribution in [0, 0.1) is 0 Å². The average molecular weight is 400 g/mol. The Bertz CT molecular complexity index is 840. The lowest BCUT2D eigenvalue weighted by Gasteiger charge is -2.17. The van der Waals surface area contributed by atoms with Crippen LogP contribution >= 0.6 is 0 Å². The normalized spacial score (nSPS) is 13.3. The molecular weight excluding hydrogens is 372 g/mol. The summed E-state index contributed by atoms with van der Waals surface area (Å²) >= 11 is 0. The Kier molecular flexibility index (Phi) is 7.19. The van der Waals surface area contributed by atoms with Crippen molar-refractivity contribution in [3.05, 3.63) is 53.1 Å². The first kappa shape index (κ1) is 20.8. The Morgan fingerprint density at radius 1 is 1.03 bits per heavy atom. The summed E-state index contributed by atoms with van der Waals surface area (Å²) in [6.07, 6.45) is 2.53. The molecule has 0 radical (unpaired) electrons. The number of fused-ring (bicyclic) bond motifs is 1. The molecule has 1 unspecified atom stereocenters. The maximum Gasteiger partial charge on any atom is 0.315 e. The number of rotatable bonds is 9. The van der Waals surface area contributed by atoms with Gasteiger partial charge in [-0.25, -0.2) is 4.79 Å². The first-order valence-electron chi connectivity index (χ1n) is 9.77. The van der Waals surface area contributed by atoms with E-state index >= 15 is 0 Å². The van der Waals surface area contributed by atoms with Gasteiger partial charge in [0.1, 0.15) is 30.0 Å². The lowest BCUT2D eigenvalue weighted by molar-refractivity contribution is 0.168. The maximum absolute atomic E-state index is 12.0. The summed E-state index contributed by atoms with van der Waals surface area (Å²) in [6.45, 7) is 0.779. The van der Waals surface area contributed by atoms with Crippen LogP contribution in [0.25, 0.3) is 0 Å². The number of methoxy groups -OCH3 is 2. The molecule has 29 heavy (non-hydrogen) atoms. The van der Waals surface area contributed by atoms with Crippen molar-refractivity contribution in [3.63, 3.8) is 0 Å². The number of hydrogen-bond acceptors (Lipinski definition) is 5. The van der Waals surface area contributed by atoms with Gasteiger partial charge in [0.25, 0.3) is 0 Å². The quantitative estimate of drug-likeness (QED) is 0.563. The summed E-state index contributed by atoms with van der Waals surface area (Å²) in [7, 11) is 3.08. The predicted octanol–water partition coefficient (Wildman–Crippen LogP) is 2.60. The molecule has 3 rings (SSSR count). The van der Waals surface area contributed by atoms with Crippen LogP contribution < -0.4 is 24.8 Å². The Labute approximate surface area is 171 Å². The molecular formula is C22H28N2O5. The van der Waals surface area contributed by atoms with E-state index in [1.165, 1.54) is 24.7 Å². The summed E-state index contributed by atoms with van der Waals surface area (Å²) < 4.78 is 16.1. The van der Waals surface area contributed by atoms with E-state index in [0.29, 0.717) is 30.2 Å². The highest BCUT2D eigenvalue weighted by Crippen LogP contribution is 2.29. The third-order valence-electron chi connectivity index (χ3n) is 4.98. The van der Waals surface area contributed by atoms with Crippen LogP contribution in [0.3, 0.4) is 0 Å². The Balaban J connectivity index is 1.40. The SMILES string of the molecule is COc1ccc(OC)c(C(O)CNC(=O)NCCOc2ccc3c(c2)CCC3)c1. The molecule has 1 aliphatic carbocycles. The van der Waals surface area contributed by atoms with Gasteiger partial charge >= 0.3 is 6.03 Å². The number of aryl methyl sites for hydroxylation is 2. The first-order valence-corrected chi connectivity index (χ1v) is 9.77. The number of carbonyl (C=O) groups is 1. The topological polar surface area (TPSA) is 89.0 Å². The molecule has 156 valence electrons. The molecule has 0 spiro atoms. The van der Waals surface area contributed by atoms with Gasteiger partial charge < -0.3 is 30.0 Å². The molecule has 0 aliphatic heterocycles. The van der Waals surface area contributed by atoms with E-state index in [-0.39, 0.29) is 12.6 Å². The number of ether oxygens (including phenoxy) is 3. The van der Waals surface area contributed by atoms with Gasteiger partial charge in [-0.3, -0.25) is 0 Å². The maximum atomic E-state index is 12.0. The Morgan fingerprint density at radius 2 is 1.83 bits per heavy atom. The van der Waals surface area contributed by atoms with Crippen LogP contribution in [0.2, 0.25) is 0 Å². The fraction of sp³-hybridized carbons (Fsp3) is 0.409. The molecule has 2 aromatic rings. The standard InChI is InChI=1S/C22H28N2O5/c1-27-17-8-9-21(28-2)19(13-17)20(25)14-24-22(26)23-10-11-29-18-7-6-15-4-3-5-16(15)12-18/h6-9,12-13,20,25H,3-5,10-11,14H2,1-2H3,(H2,23,24,26). The minimum Gasteiger partial charge on any atom is -0.497 e. The zero-order valence-electron chi connectivity index (χ0n) is 16.9. The van der Waals surface area contributed by atoms with Gasteiger partial charge in [0.05, 0.1) is 20.8 Å². The summed E-state index contributed by atoms with van der Waals surface area (Å²) in [5.41, 5.74) is 3.31. The zero-order valence-corrected chi connectivity index (χ0v) is 16.9. The number of nitrogens with one attached hydrogen (secondary N) is 2. The highest BCUT2D eigenvalue weighted by atomic mass is 16.5. The number of aliphatic hydroxyl groups excluding tert-OH is 1.